The van der Waals surface area contributed by atoms with Crippen LogP contribution < -0.4 is 4.74 Å². The summed E-state index contributed by atoms with van der Waals surface area (Å²) in [5.74, 6) is 0.956. The maximum atomic E-state index is 13.2. The van der Waals surface area contributed by atoms with E-state index in [0.29, 0.717) is 6.42 Å². The molecule has 0 saturated carbocycles. The van der Waals surface area contributed by atoms with Crippen LogP contribution in [0.1, 0.15) is 28.4 Å². The quantitative estimate of drug-likeness (QED) is 0.705. The molecule has 0 bridgehead atoms. The fourth-order valence-electron chi connectivity index (χ4n) is 3.77. The molecule has 1 atom stereocenters. The number of ether oxygens (including phenoxy) is 1. The molecule has 0 aliphatic carbocycles. The number of aromatic nitrogens is 1. The molecular formula is C23H24N2O2. The lowest BCUT2D eigenvalue weighted by Gasteiger charge is -2.37. The van der Waals surface area contributed by atoms with Gasteiger partial charge in [-0.05, 0) is 42.3 Å². The van der Waals surface area contributed by atoms with Gasteiger partial charge in [0.15, 0.2) is 0 Å². The lowest BCUT2D eigenvalue weighted by atomic mass is 9.98. The minimum Gasteiger partial charge on any atom is -0.497 e. The molecule has 0 N–H and O–H groups in total. The van der Waals surface area contributed by atoms with Gasteiger partial charge >= 0.3 is 0 Å². The van der Waals surface area contributed by atoms with E-state index in [1.54, 1.807) is 7.11 Å². The molecule has 1 unspecified atom stereocenters. The van der Waals surface area contributed by atoms with Crippen LogP contribution in [0.5, 0.6) is 5.75 Å². The van der Waals surface area contributed by atoms with Crippen LogP contribution in [0.25, 0.3) is 0 Å². The second-order valence-electron chi connectivity index (χ2n) is 7.05. The van der Waals surface area contributed by atoms with E-state index < -0.39 is 0 Å². The van der Waals surface area contributed by atoms with Crippen molar-refractivity contribution in [1.82, 2.24) is 9.47 Å². The Balaban J connectivity index is 1.63. The third kappa shape index (κ3) is 3.47. The van der Waals surface area contributed by atoms with Crippen LogP contribution in [-0.2, 0) is 17.8 Å². The highest BCUT2D eigenvalue weighted by Crippen LogP contribution is 2.33. The Labute approximate surface area is 160 Å². The lowest BCUT2D eigenvalue weighted by molar-refractivity contribution is -0.133. The summed E-state index contributed by atoms with van der Waals surface area (Å²) in [5.41, 5.74) is 4.56. The molecule has 3 aromatic rings. The van der Waals surface area contributed by atoms with E-state index in [4.69, 9.17) is 4.74 Å². The third-order valence-electron chi connectivity index (χ3n) is 5.27. The van der Waals surface area contributed by atoms with Gasteiger partial charge in [-0.2, -0.15) is 0 Å². The molecule has 0 saturated heterocycles. The average Bonchev–Trinajstić information content (AvgIpc) is 3.17. The van der Waals surface area contributed by atoms with E-state index in [1.807, 2.05) is 29.2 Å². The number of amides is 1. The minimum atomic E-state index is -0.0416. The average molecular weight is 360 g/mol. The number of aryl methyl sites for hydroxylation is 1. The van der Waals surface area contributed by atoms with Crippen molar-refractivity contribution in [3.8, 4) is 5.75 Å². The summed E-state index contributed by atoms with van der Waals surface area (Å²) in [6.07, 6.45) is 2.49. The van der Waals surface area contributed by atoms with Gasteiger partial charge in [-0.25, -0.2) is 0 Å². The van der Waals surface area contributed by atoms with E-state index in [1.165, 1.54) is 11.3 Å². The molecule has 4 heteroatoms. The van der Waals surface area contributed by atoms with E-state index >= 15 is 0 Å². The molecule has 0 radical (unpaired) electrons. The molecule has 0 spiro atoms. The van der Waals surface area contributed by atoms with Crippen molar-refractivity contribution < 1.29 is 9.53 Å². The van der Waals surface area contributed by atoms with E-state index in [-0.39, 0.29) is 11.9 Å². The standard InChI is InChI=1S/C23H24N2O2/c1-17-5-9-19(10-6-17)23-21-4-3-13-24(21)14-15-25(23)22(26)16-18-7-11-20(27-2)12-8-18/h3-13,23H,14-16H2,1-2H3. The minimum absolute atomic E-state index is 0.0416. The van der Waals surface area contributed by atoms with Gasteiger partial charge in [0.25, 0.3) is 0 Å². The fraction of sp³-hybridized carbons (Fsp3) is 0.261. The van der Waals surface area contributed by atoms with E-state index in [0.717, 1.165) is 30.0 Å². The first-order valence-corrected chi connectivity index (χ1v) is 9.30. The summed E-state index contributed by atoms with van der Waals surface area (Å²) >= 11 is 0. The molecule has 2 aromatic carbocycles. The molecule has 1 aromatic heterocycles. The second-order valence-corrected chi connectivity index (χ2v) is 7.05. The van der Waals surface area contributed by atoms with Crippen molar-refractivity contribution in [3.63, 3.8) is 0 Å². The van der Waals surface area contributed by atoms with Crippen LogP contribution in [-0.4, -0.2) is 29.0 Å². The predicted octanol–water partition coefficient (Wildman–Crippen LogP) is 3.98. The smallest absolute Gasteiger partial charge is 0.227 e. The lowest BCUT2D eigenvalue weighted by Crippen LogP contribution is -2.43. The maximum absolute atomic E-state index is 13.2. The van der Waals surface area contributed by atoms with Gasteiger partial charge in [-0.3, -0.25) is 4.79 Å². The number of hydrogen-bond acceptors (Lipinski definition) is 2. The highest BCUT2D eigenvalue weighted by Gasteiger charge is 2.31. The van der Waals surface area contributed by atoms with Crippen molar-refractivity contribution in [3.05, 3.63) is 89.2 Å². The van der Waals surface area contributed by atoms with E-state index in [2.05, 4.69) is 54.1 Å². The second kappa shape index (κ2) is 7.31. The molecule has 0 fully saturated rings. The van der Waals surface area contributed by atoms with Crippen molar-refractivity contribution >= 4 is 5.91 Å². The van der Waals surface area contributed by atoms with Gasteiger partial charge in [0.05, 0.1) is 19.6 Å². The SMILES string of the molecule is COc1ccc(CC(=O)N2CCn3cccc3C2c2ccc(C)cc2)cc1. The Kier molecular flexibility index (Phi) is 4.71. The molecule has 1 aliphatic heterocycles. The number of hydrogen-bond donors (Lipinski definition) is 0. The predicted molar refractivity (Wildman–Crippen MR) is 106 cm³/mol. The normalized spacial score (nSPS) is 16.1. The summed E-state index contributed by atoms with van der Waals surface area (Å²) in [5, 5.41) is 0. The van der Waals surface area contributed by atoms with Crippen LogP contribution in [0.4, 0.5) is 0 Å². The first-order valence-electron chi connectivity index (χ1n) is 9.30. The van der Waals surface area contributed by atoms with Crippen molar-refractivity contribution in [2.75, 3.05) is 13.7 Å². The van der Waals surface area contributed by atoms with Gasteiger partial charge in [-0.1, -0.05) is 42.0 Å². The van der Waals surface area contributed by atoms with Gasteiger partial charge in [-0.15, -0.1) is 0 Å². The monoisotopic (exact) mass is 360 g/mol. The Morgan fingerprint density at radius 3 is 2.48 bits per heavy atom. The molecule has 1 amide bonds. The van der Waals surface area contributed by atoms with Crippen LogP contribution >= 0.6 is 0 Å². The summed E-state index contributed by atoms with van der Waals surface area (Å²) in [7, 11) is 1.65. The van der Waals surface area contributed by atoms with Crippen LogP contribution in [0.15, 0.2) is 66.9 Å². The zero-order valence-electron chi connectivity index (χ0n) is 15.8. The number of carbonyl (C=O) groups excluding carboxylic acids is 1. The van der Waals surface area contributed by atoms with Crippen molar-refractivity contribution in [2.24, 2.45) is 0 Å². The van der Waals surface area contributed by atoms with Gasteiger partial charge < -0.3 is 14.2 Å². The van der Waals surface area contributed by atoms with Crippen LogP contribution in [0.3, 0.4) is 0 Å². The zero-order chi connectivity index (χ0) is 18.8. The highest BCUT2D eigenvalue weighted by molar-refractivity contribution is 5.80. The molecule has 1 aliphatic rings. The first kappa shape index (κ1) is 17.4. The fourth-order valence-corrected chi connectivity index (χ4v) is 3.77. The van der Waals surface area contributed by atoms with Gasteiger partial charge in [0, 0.05) is 25.0 Å². The van der Waals surface area contributed by atoms with Crippen LogP contribution in [0, 0.1) is 6.92 Å². The zero-order valence-corrected chi connectivity index (χ0v) is 15.8. The largest absolute Gasteiger partial charge is 0.497 e. The maximum Gasteiger partial charge on any atom is 0.227 e. The summed E-state index contributed by atoms with van der Waals surface area (Å²) in [4.78, 5) is 15.2. The number of rotatable bonds is 4. The first-order chi connectivity index (χ1) is 13.2. The Morgan fingerprint density at radius 2 is 1.78 bits per heavy atom. The number of methoxy groups -OCH3 is 1. The number of carbonyl (C=O) groups is 1. The molecule has 4 nitrogen and oxygen atoms in total. The molecule has 138 valence electrons. The third-order valence-corrected chi connectivity index (χ3v) is 5.27. The van der Waals surface area contributed by atoms with Crippen molar-refractivity contribution in [1.29, 1.82) is 0 Å². The molecule has 27 heavy (non-hydrogen) atoms. The van der Waals surface area contributed by atoms with Gasteiger partial charge in [0.2, 0.25) is 5.91 Å². The highest BCUT2D eigenvalue weighted by atomic mass is 16.5. The van der Waals surface area contributed by atoms with E-state index in [9.17, 15) is 4.79 Å². The number of benzene rings is 2. The summed E-state index contributed by atoms with van der Waals surface area (Å²) < 4.78 is 7.46. The Hall–Kier alpha value is -3.01. The number of nitrogens with zero attached hydrogens (tertiary/aromatic N) is 2. The molecule has 4 rings (SSSR count). The van der Waals surface area contributed by atoms with Gasteiger partial charge in [0.1, 0.15) is 5.75 Å². The molecular weight excluding hydrogens is 336 g/mol. The Morgan fingerprint density at radius 1 is 1.04 bits per heavy atom. The summed E-state index contributed by atoms with van der Waals surface area (Å²) in [6.45, 7) is 3.63. The van der Waals surface area contributed by atoms with Crippen molar-refractivity contribution in [2.45, 2.75) is 25.9 Å². The number of fused-ring (bicyclic) bond motifs is 1. The topological polar surface area (TPSA) is 34.5 Å². The summed E-state index contributed by atoms with van der Waals surface area (Å²) in [6, 6.07) is 20.4. The molecule has 2 heterocycles. The Bertz CT molecular complexity index is 926. The van der Waals surface area contributed by atoms with Crippen LogP contribution in [0.2, 0.25) is 0 Å².